The van der Waals surface area contributed by atoms with Crippen molar-refractivity contribution in [2.24, 2.45) is 0 Å². The number of allylic oxidation sites excluding steroid dienone is 4. The smallest absolute Gasteiger partial charge is 0.463 e. The molecule has 18 atom stereocenters. The summed E-state index contributed by atoms with van der Waals surface area (Å²) >= 11 is 0. The Morgan fingerprint density at radius 2 is 0.722 bits per heavy atom. The first-order valence-corrected chi connectivity index (χ1v) is 39.1. The third-order valence-corrected chi connectivity index (χ3v) is 19.4. The number of ether oxygens (including phenoxy) is 7. The molecule has 18 unspecified atom stereocenters. The Balaban J connectivity index is 1.74. The molecule has 1 aliphatic carbocycles. The van der Waals surface area contributed by atoms with Crippen LogP contribution in [0.3, 0.4) is 0 Å². The van der Waals surface area contributed by atoms with Crippen LogP contribution in [0.5, 0.6) is 0 Å². The summed E-state index contributed by atoms with van der Waals surface area (Å²) in [5.41, 5.74) is 0. The molecule has 3 rings (SSSR count). The van der Waals surface area contributed by atoms with Crippen molar-refractivity contribution in [2.75, 3.05) is 26.4 Å². The Morgan fingerprint density at radius 3 is 1.13 bits per heavy atom. The fourth-order valence-corrected chi connectivity index (χ4v) is 13.2. The van der Waals surface area contributed by atoms with Gasteiger partial charge in [-0.25, -0.2) is 4.57 Å². The summed E-state index contributed by atoms with van der Waals surface area (Å²) in [6.07, 6.45) is 13.9. The number of aliphatic hydroxyl groups excluding tert-OH is 10. The first kappa shape index (κ1) is 88.7. The summed E-state index contributed by atoms with van der Waals surface area (Å²) in [5.74, 6) is -2.01. The summed E-state index contributed by atoms with van der Waals surface area (Å²) < 4.78 is 65.0. The number of aliphatic hydroxyl groups is 10. The highest BCUT2D eigenvalue weighted by atomic mass is 31.2. The zero-order valence-corrected chi connectivity index (χ0v) is 60.0. The summed E-state index contributed by atoms with van der Waals surface area (Å²) in [7, 11) is -5.70. The molecule has 0 bridgehead atoms. The van der Waals surface area contributed by atoms with Crippen LogP contribution >= 0.6 is 7.82 Å². The van der Waals surface area contributed by atoms with Crippen LogP contribution < -0.4 is 0 Å². The molecule has 0 aromatic rings. The van der Waals surface area contributed by atoms with Gasteiger partial charge < -0.3 is 89.1 Å². The van der Waals surface area contributed by atoms with Gasteiger partial charge in [-0.1, -0.05) is 218 Å². The van der Waals surface area contributed by atoms with Crippen molar-refractivity contribution in [2.45, 2.75) is 388 Å². The van der Waals surface area contributed by atoms with Gasteiger partial charge in [-0.3, -0.25) is 23.4 Å². The lowest BCUT2D eigenvalue weighted by Gasteiger charge is -2.49. The van der Waals surface area contributed by atoms with Gasteiger partial charge in [-0.05, 0) is 70.6 Å². The van der Waals surface area contributed by atoms with E-state index >= 15 is 0 Å². The molecular formula is C72H131O24P. The molecule has 97 heavy (non-hydrogen) atoms. The monoisotopic (exact) mass is 1410 g/mol. The number of rotatable bonds is 58. The topological polar surface area (TPSA) is 374 Å². The van der Waals surface area contributed by atoms with Gasteiger partial charge >= 0.3 is 25.7 Å². The summed E-state index contributed by atoms with van der Waals surface area (Å²) in [6, 6.07) is 0. The molecule has 0 aromatic carbocycles. The van der Waals surface area contributed by atoms with Crippen molar-refractivity contribution in [3.63, 3.8) is 0 Å². The SMILES string of the molecule is CCCCCC/C=C\CCCCCCCCCC(=O)OCC1OC(OC2C(O)C(O)C(O)C(OC3OC(CO)C(O)C(O)C3O)C2OP(=O)(O)OCC(COC(=O)CCCCCCCCCCCCCCC)OC(=O)CCCCC/C=C\CCCCCCCCC)C(O)C(O)C1O. The van der Waals surface area contributed by atoms with Crippen LogP contribution in [-0.2, 0) is 61.2 Å². The van der Waals surface area contributed by atoms with Crippen LogP contribution in [0.15, 0.2) is 24.3 Å². The maximum atomic E-state index is 14.3. The third kappa shape index (κ3) is 37.4. The van der Waals surface area contributed by atoms with E-state index in [0.29, 0.717) is 25.7 Å². The van der Waals surface area contributed by atoms with Gasteiger partial charge in [-0.2, -0.15) is 0 Å². The minimum atomic E-state index is -5.70. The van der Waals surface area contributed by atoms with Crippen molar-refractivity contribution in [3.05, 3.63) is 24.3 Å². The van der Waals surface area contributed by atoms with Gasteiger partial charge in [0, 0.05) is 19.3 Å². The molecular weight excluding hydrogens is 1280 g/mol. The predicted molar refractivity (Wildman–Crippen MR) is 365 cm³/mol. The molecule has 2 heterocycles. The number of hydrogen-bond donors (Lipinski definition) is 11. The predicted octanol–water partition coefficient (Wildman–Crippen LogP) is 10.1. The second-order valence-electron chi connectivity index (χ2n) is 27.0. The van der Waals surface area contributed by atoms with Gasteiger partial charge in [0.2, 0.25) is 0 Å². The van der Waals surface area contributed by atoms with Crippen molar-refractivity contribution >= 4 is 25.7 Å². The molecule has 11 N–H and O–H groups in total. The van der Waals surface area contributed by atoms with Crippen molar-refractivity contribution in [1.82, 2.24) is 0 Å². The van der Waals surface area contributed by atoms with Crippen molar-refractivity contribution < 1.29 is 117 Å². The van der Waals surface area contributed by atoms with Gasteiger partial charge in [-0.15, -0.1) is 0 Å². The van der Waals surface area contributed by atoms with E-state index in [0.717, 1.165) is 109 Å². The van der Waals surface area contributed by atoms with E-state index < -0.39 is 156 Å². The Kier molecular flexibility index (Phi) is 49.5. The molecule has 24 nitrogen and oxygen atoms in total. The van der Waals surface area contributed by atoms with E-state index in [9.17, 15) is 74.9 Å². The molecule has 3 aliphatic rings. The second-order valence-corrected chi connectivity index (χ2v) is 28.4. The average molecular weight is 1410 g/mol. The molecule has 1 saturated carbocycles. The summed E-state index contributed by atoms with van der Waals surface area (Å²) in [4.78, 5) is 50.9. The van der Waals surface area contributed by atoms with E-state index in [4.69, 9.17) is 42.2 Å². The number of carbonyl (C=O) groups is 3. The molecule has 0 spiro atoms. The van der Waals surface area contributed by atoms with Gasteiger partial charge in [0.05, 0.1) is 13.2 Å². The van der Waals surface area contributed by atoms with Crippen LogP contribution in [0.1, 0.15) is 284 Å². The lowest BCUT2D eigenvalue weighted by atomic mass is 9.84. The summed E-state index contributed by atoms with van der Waals surface area (Å²) in [5, 5.41) is 110. The van der Waals surface area contributed by atoms with E-state index in [2.05, 4.69) is 45.1 Å². The normalized spacial score (nSPS) is 27.9. The van der Waals surface area contributed by atoms with Crippen LogP contribution in [0.4, 0.5) is 0 Å². The Labute approximate surface area is 579 Å². The number of esters is 3. The molecule has 25 heteroatoms. The highest BCUT2D eigenvalue weighted by Gasteiger charge is 2.58. The van der Waals surface area contributed by atoms with Gasteiger partial charge in [0.1, 0.15) is 98.7 Å². The van der Waals surface area contributed by atoms with Gasteiger partial charge in [0.15, 0.2) is 18.7 Å². The fraction of sp³-hybridized carbons (Fsp3) is 0.903. The maximum Gasteiger partial charge on any atom is 0.472 e. The second kappa shape index (κ2) is 54.1. The zero-order chi connectivity index (χ0) is 71.1. The minimum absolute atomic E-state index is 0.0230. The number of unbranched alkanes of at least 4 members (excludes halogenated alkanes) is 33. The highest BCUT2D eigenvalue weighted by Crippen LogP contribution is 2.49. The lowest BCUT2D eigenvalue weighted by molar-refractivity contribution is -0.360. The Morgan fingerprint density at radius 1 is 0.392 bits per heavy atom. The fourth-order valence-electron chi connectivity index (χ4n) is 12.3. The van der Waals surface area contributed by atoms with E-state index in [1.165, 1.54) is 109 Å². The minimum Gasteiger partial charge on any atom is -0.463 e. The van der Waals surface area contributed by atoms with Crippen molar-refractivity contribution in [1.29, 1.82) is 0 Å². The third-order valence-electron chi connectivity index (χ3n) is 18.5. The molecule has 2 aliphatic heterocycles. The molecule has 568 valence electrons. The van der Waals surface area contributed by atoms with E-state index in [1.54, 1.807) is 0 Å². The standard InChI is InChI=1S/C72H131O24P/c1-4-7-10-13-16-19-22-25-27-30-32-35-38-41-44-47-57(75)89-52-55-60(78)62(80)67(85)72(93-55)95-69-65(83)63(81)64(82)68(94-71-66(84)61(79)59(77)54(49-73)92-71)70(69)96-97(86,87)90-51-53(50-88-56(74)46-43-40-37-34-31-28-24-21-18-15-12-9-6-3)91-58(76)48-45-42-39-36-33-29-26-23-20-17-14-11-8-5-2/h19,22,29,33,53-55,59-73,77-85H,4-18,20-21,23-28,30-32,34-52H2,1-3H3,(H,86,87)/b22-19-,33-29-. The molecule has 2 saturated heterocycles. The number of hydrogen-bond acceptors (Lipinski definition) is 23. The highest BCUT2D eigenvalue weighted by molar-refractivity contribution is 7.47. The average Bonchev–Trinajstić information content (AvgIpc) is 0.772. The van der Waals surface area contributed by atoms with Crippen LogP contribution in [0.2, 0.25) is 0 Å². The maximum absolute atomic E-state index is 14.3. The first-order chi connectivity index (χ1) is 46.8. The van der Waals surface area contributed by atoms with Crippen LogP contribution in [-0.4, -0.2) is 204 Å². The Bertz CT molecular complexity index is 2110. The molecule has 0 amide bonds. The van der Waals surface area contributed by atoms with Crippen molar-refractivity contribution in [3.8, 4) is 0 Å². The van der Waals surface area contributed by atoms with Crippen LogP contribution in [0.25, 0.3) is 0 Å². The Hall–Kier alpha value is -2.56. The van der Waals surface area contributed by atoms with E-state index in [1.807, 2.05) is 0 Å². The quantitative estimate of drug-likeness (QED) is 0.00886. The van der Waals surface area contributed by atoms with E-state index in [-0.39, 0.29) is 19.3 Å². The lowest BCUT2D eigenvalue weighted by Crippen LogP contribution is -2.69. The molecule has 0 radical (unpaired) electrons. The number of phosphoric acid groups is 1. The number of phosphoric ester groups is 1. The summed E-state index contributed by atoms with van der Waals surface area (Å²) in [6.45, 7) is 3.41. The number of carbonyl (C=O) groups excluding carboxylic acids is 3. The molecule has 0 aromatic heterocycles. The van der Waals surface area contributed by atoms with Crippen LogP contribution in [0, 0.1) is 0 Å². The van der Waals surface area contributed by atoms with Gasteiger partial charge in [0.25, 0.3) is 0 Å². The zero-order valence-electron chi connectivity index (χ0n) is 59.1. The largest absolute Gasteiger partial charge is 0.472 e. The first-order valence-electron chi connectivity index (χ1n) is 37.6. The molecule has 3 fully saturated rings.